The molecule has 1 fully saturated rings. The second-order valence-corrected chi connectivity index (χ2v) is 7.57. The van der Waals surface area contributed by atoms with Gasteiger partial charge in [0.25, 0.3) is 5.56 Å². The van der Waals surface area contributed by atoms with Crippen molar-refractivity contribution in [1.82, 2.24) is 24.3 Å². The van der Waals surface area contributed by atoms with E-state index in [1.165, 1.54) is 17.5 Å². The Labute approximate surface area is 159 Å². The van der Waals surface area contributed by atoms with Crippen LogP contribution in [-0.2, 0) is 11.3 Å². The SMILES string of the molecule is Cc1csc2nc(CN3CCC[C@H](C(=O)Nc4cnccn4)C3)cc(=O)n12. The molecule has 1 aliphatic rings. The first-order valence-corrected chi connectivity index (χ1v) is 9.74. The molecule has 0 aliphatic carbocycles. The van der Waals surface area contributed by atoms with Crippen LogP contribution in [0.1, 0.15) is 24.2 Å². The number of hydrogen-bond donors (Lipinski definition) is 1. The average Bonchev–Trinajstić information content (AvgIpc) is 3.04. The highest BCUT2D eigenvalue weighted by Gasteiger charge is 2.26. The minimum Gasteiger partial charge on any atom is -0.309 e. The lowest BCUT2D eigenvalue weighted by Crippen LogP contribution is -2.40. The maximum atomic E-state index is 12.5. The molecule has 0 aromatic carbocycles. The number of thiazole rings is 1. The molecule has 3 aromatic heterocycles. The second-order valence-electron chi connectivity index (χ2n) is 6.73. The predicted molar refractivity (Wildman–Crippen MR) is 103 cm³/mol. The van der Waals surface area contributed by atoms with Gasteiger partial charge in [0.2, 0.25) is 5.91 Å². The molecule has 1 aliphatic heterocycles. The molecule has 8 nitrogen and oxygen atoms in total. The minimum absolute atomic E-state index is 0.0439. The third-order valence-corrected chi connectivity index (χ3v) is 5.65. The monoisotopic (exact) mass is 384 g/mol. The fourth-order valence-corrected chi connectivity index (χ4v) is 4.31. The Morgan fingerprint density at radius 2 is 2.30 bits per heavy atom. The summed E-state index contributed by atoms with van der Waals surface area (Å²) in [6.07, 6.45) is 6.42. The molecule has 0 unspecified atom stereocenters. The van der Waals surface area contributed by atoms with E-state index in [4.69, 9.17) is 0 Å². The van der Waals surface area contributed by atoms with E-state index in [-0.39, 0.29) is 17.4 Å². The number of fused-ring (bicyclic) bond motifs is 1. The number of carbonyl (C=O) groups is 1. The van der Waals surface area contributed by atoms with Crippen molar-refractivity contribution in [3.05, 3.63) is 51.8 Å². The summed E-state index contributed by atoms with van der Waals surface area (Å²) in [5, 5.41) is 4.76. The molecule has 0 radical (unpaired) electrons. The molecule has 0 spiro atoms. The fourth-order valence-electron chi connectivity index (χ4n) is 3.42. The fraction of sp³-hybridized carbons (Fsp3) is 0.389. The molecule has 4 rings (SSSR count). The first-order valence-electron chi connectivity index (χ1n) is 8.86. The number of nitrogens with zero attached hydrogens (tertiary/aromatic N) is 5. The molecule has 3 aromatic rings. The van der Waals surface area contributed by atoms with Crippen molar-refractivity contribution in [2.24, 2.45) is 5.92 Å². The maximum Gasteiger partial charge on any atom is 0.259 e. The number of aryl methyl sites for hydroxylation is 1. The van der Waals surface area contributed by atoms with Gasteiger partial charge in [0.15, 0.2) is 10.8 Å². The van der Waals surface area contributed by atoms with Gasteiger partial charge in [-0.2, -0.15) is 0 Å². The highest BCUT2D eigenvalue weighted by Crippen LogP contribution is 2.20. The smallest absolute Gasteiger partial charge is 0.259 e. The topological polar surface area (TPSA) is 92.5 Å². The molecule has 9 heteroatoms. The van der Waals surface area contributed by atoms with Gasteiger partial charge in [0.1, 0.15) is 0 Å². The van der Waals surface area contributed by atoms with Crippen LogP contribution < -0.4 is 10.9 Å². The normalized spacial score (nSPS) is 17.9. The summed E-state index contributed by atoms with van der Waals surface area (Å²) in [5.41, 5.74) is 1.59. The summed E-state index contributed by atoms with van der Waals surface area (Å²) in [6, 6.07) is 1.59. The number of nitrogens with one attached hydrogen (secondary N) is 1. The Kier molecular flexibility index (Phi) is 4.95. The summed E-state index contributed by atoms with van der Waals surface area (Å²) >= 11 is 1.47. The lowest BCUT2D eigenvalue weighted by Gasteiger charge is -2.31. The van der Waals surface area contributed by atoms with Gasteiger partial charge in [0.05, 0.1) is 17.8 Å². The van der Waals surface area contributed by atoms with Gasteiger partial charge in [0, 0.05) is 42.6 Å². The van der Waals surface area contributed by atoms with Crippen LogP contribution in [-0.4, -0.2) is 43.2 Å². The Morgan fingerprint density at radius 3 is 3.11 bits per heavy atom. The zero-order chi connectivity index (χ0) is 18.8. The molecule has 4 heterocycles. The van der Waals surface area contributed by atoms with Crippen LogP contribution in [0.25, 0.3) is 4.96 Å². The number of aromatic nitrogens is 4. The van der Waals surface area contributed by atoms with Gasteiger partial charge in [-0.1, -0.05) is 0 Å². The molecule has 0 saturated carbocycles. The first-order chi connectivity index (χ1) is 13.1. The van der Waals surface area contributed by atoms with E-state index in [2.05, 4.69) is 25.2 Å². The Bertz CT molecular complexity index is 1020. The molecule has 1 saturated heterocycles. The van der Waals surface area contributed by atoms with E-state index in [0.717, 1.165) is 30.8 Å². The van der Waals surface area contributed by atoms with Crippen molar-refractivity contribution in [2.75, 3.05) is 18.4 Å². The highest BCUT2D eigenvalue weighted by molar-refractivity contribution is 7.15. The van der Waals surface area contributed by atoms with Gasteiger partial charge >= 0.3 is 0 Å². The zero-order valence-corrected chi connectivity index (χ0v) is 15.8. The van der Waals surface area contributed by atoms with Gasteiger partial charge in [-0.3, -0.25) is 23.9 Å². The van der Waals surface area contributed by atoms with E-state index in [1.807, 2.05) is 12.3 Å². The van der Waals surface area contributed by atoms with Crippen LogP contribution in [0.3, 0.4) is 0 Å². The number of amides is 1. The standard InChI is InChI=1S/C18H20N6O2S/c1-12-11-27-18-21-14(7-16(25)24(12)18)10-23-6-2-3-13(9-23)17(26)22-15-8-19-4-5-20-15/h4-5,7-8,11,13H,2-3,6,9-10H2,1H3,(H,20,22,26)/t13-/m0/s1. The number of piperidine rings is 1. The van der Waals surface area contributed by atoms with Crippen LogP contribution >= 0.6 is 11.3 Å². The average molecular weight is 384 g/mol. The Balaban J connectivity index is 1.44. The van der Waals surface area contributed by atoms with E-state index < -0.39 is 0 Å². The first kappa shape index (κ1) is 17.7. The molecule has 1 atom stereocenters. The third kappa shape index (κ3) is 3.88. The van der Waals surface area contributed by atoms with Crippen LogP contribution in [0.5, 0.6) is 0 Å². The van der Waals surface area contributed by atoms with Crippen LogP contribution in [0, 0.1) is 12.8 Å². The van der Waals surface area contributed by atoms with Crippen molar-refractivity contribution >= 4 is 28.0 Å². The lowest BCUT2D eigenvalue weighted by atomic mass is 9.97. The van der Waals surface area contributed by atoms with Crippen LogP contribution in [0.4, 0.5) is 5.82 Å². The summed E-state index contributed by atoms with van der Waals surface area (Å²) < 4.78 is 1.63. The number of hydrogen-bond acceptors (Lipinski definition) is 7. The summed E-state index contributed by atoms with van der Waals surface area (Å²) in [4.78, 5) is 40.4. The van der Waals surface area contributed by atoms with E-state index in [1.54, 1.807) is 22.9 Å². The molecular weight excluding hydrogens is 364 g/mol. The number of carbonyl (C=O) groups excluding carboxylic acids is 1. The van der Waals surface area contributed by atoms with E-state index >= 15 is 0 Å². The highest BCUT2D eigenvalue weighted by atomic mass is 32.1. The molecule has 1 N–H and O–H groups in total. The van der Waals surface area contributed by atoms with Gasteiger partial charge < -0.3 is 5.32 Å². The van der Waals surface area contributed by atoms with Gasteiger partial charge in [-0.05, 0) is 26.3 Å². The summed E-state index contributed by atoms with van der Waals surface area (Å²) in [6.45, 7) is 3.99. The molecule has 27 heavy (non-hydrogen) atoms. The van der Waals surface area contributed by atoms with Crippen molar-refractivity contribution in [3.8, 4) is 0 Å². The van der Waals surface area contributed by atoms with Gasteiger partial charge in [-0.15, -0.1) is 11.3 Å². The maximum absolute atomic E-state index is 12.5. The largest absolute Gasteiger partial charge is 0.309 e. The van der Waals surface area contributed by atoms with E-state index in [0.29, 0.717) is 23.9 Å². The van der Waals surface area contributed by atoms with Crippen LogP contribution in [0.15, 0.2) is 34.8 Å². The summed E-state index contributed by atoms with van der Waals surface area (Å²) in [5.74, 6) is 0.306. The van der Waals surface area contributed by atoms with E-state index in [9.17, 15) is 9.59 Å². The third-order valence-electron chi connectivity index (χ3n) is 4.70. The predicted octanol–water partition coefficient (Wildman–Crippen LogP) is 1.71. The lowest BCUT2D eigenvalue weighted by molar-refractivity contribution is -0.121. The molecule has 0 bridgehead atoms. The number of likely N-dealkylation sites (tertiary alicyclic amines) is 1. The Hall–Kier alpha value is -2.65. The second kappa shape index (κ2) is 7.53. The van der Waals surface area contributed by atoms with Crippen molar-refractivity contribution in [2.45, 2.75) is 26.3 Å². The van der Waals surface area contributed by atoms with Crippen LogP contribution in [0.2, 0.25) is 0 Å². The van der Waals surface area contributed by atoms with Crippen molar-refractivity contribution in [3.63, 3.8) is 0 Å². The quantitative estimate of drug-likeness (QED) is 0.736. The molecular formula is C18H20N6O2S. The van der Waals surface area contributed by atoms with Gasteiger partial charge in [-0.25, -0.2) is 9.97 Å². The Morgan fingerprint density at radius 1 is 1.41 bits per heavy atom. The summed E-state index contributed by atoms with van der Waals surface area (Å²) in [7, 11) is 0. The molecule has 140 valence electrons. The van der Waals surface area contributed by atoms with Crippen molar-refractivity contribution in [1.29, 1.82) is 0 Å². The zero-order valence-electron chi connectivity index (χ0n) is 15.0. The molecule has 1 amide bonds. The minimum atomic E-state index is -0.116. The van der Waals surface area contributed by atoms with Crippen molar-refractivity contribution < 1.29 is 4.79 Å². The number of anilines is 1. The number of rotatable bonds is 4.